The molecule has 0 bridgehead atoms. The Kier molecular flexibility index (Phi) is 5.27. The van der Waals surface area contributed by atoms with Crippen molar-refractivity contribution < 1.29 is 12.8 Å². The van der Waals surface area contributed by atoms with E-state index in [2.05, 4.69) is 20.7 Å². The minimum absolute atomic E-state index is 0.0308. The zero-order valence-corrected chi connectivity index (χ0v) is 12.6. The van der Waals surface area contributed by atoms with Crippen molar-refractivity contribution in [1.82, 2.24) is 4.72 Å². The Balaban J connectivity index is 3.06. The van der Waals surface area contributed by atoms with Crippen molar-refractivity contribution in [3.05, 3.63) is 28.5 Å². The van der Waals surface area contributed by atoms with Crippen molar-refractivity contribution in [2.24, 2.45) is 11.7 Å². The molecule has 1 aromatic rings. The summed E-state index contributed by atoms with van der Waals surface area (Å²) in [5.74, 6) is -0.764. The molecular formula is C11H16BrFN2O2S. The summed E-state index contributed by atoms with van der Waals surface area (Å²) in [7, 11) is -3.89. The SMILES string of the molecule is CC(C)C(CN)NS(=O)(=O)c1ccc(Br)cc1F. The van der Waals surface area contributed by atoms with Gasteiger partial charge >= 0.3 is 0 Å². The lowest BCUT2D eigenvalue weighted by atomic mass is 10.1. The molecule has 1 unspecified atom stereocenters. The van der Waals surface area contributed by atoms with Crippen LogP contribution in [0.15, 0.2) is 27.6 Å². The Hall–Kier alpha value is -0.500. The Morgan fingerprint density at radius 3 is 2.50 bits per heavy atom. The number of nitrogens with two attached hydrogens (primary N) is 1. The third-order valence-electron chi connectivity index (χ3n) is 2.55. The van der Waals surface area contributed by atoms with E-state index in [0.717, 1.165) is 6.07 Å². The molecule has 0 aliphatic rings. The summed E-state index contributed by atoms with van der Waals surface area (Å²) >= 11 is 3.08. The Morgan fingerprint density at radius 1 is 1.44 bits per heavy atom. The van der Waals surface area contributed by atoms with Crippen LogP contribution in [0.5, 0.6) is 0 Å². The largest absolute Gasteiger partial charge is 0.329 e. The third-order valence-corrected chi connectivity index (χ3v) is 4.57. The van der Waals surface area contributed by atoms with E-state index in [0.29, 0.717) is 4.47 Å². The summed E-state index contributed by atoms with van der Waals surface area (Å²) in [6.45, 7) is 3.85. The number of hydrogen-bond acceptors (Lipinski definition) is 3. The molecule has 18 heavy (non-hydrogen) atoms. The summed E-state index contributed by atoms with van der Waals surface area (Å²) in [5, 5.41) is 0. The molecule has 1 aromatic carbocycles. The number of benzene rings is 1. The van der Waals surface area contributed by atoms with Gasteiger partial charge in [0.05, 0.1) is 0 Å². The number of sulfonamides is 1. The molecule has 0 aliphatic carbocycles. The molecule has 0 aliphatic heterocycles. The first-order chi connectivity index (χ1) is 8.27. The number of rotatable bonds is 5. The predicted octanol–water partition coefficient (Wildman–Crippen LogP) is 1.85. The lowest BCUT2D eigenvalue weighted by Crippen LogP contribution is -2.43. The topological polar surface area (TPSA) is 72.2 Å². The number of hydrogen-bond donors (Lipinski definition) is 2. The van der Waals surface area contributed by atoms with E-state index in [9.17, 15) is 12.8 Å². The van der Waals surface area contributed by atoms with Crippen LogP contribution in [0.3, 0.4) is 0 Å². The molecular weight excluding hydrogens is 323 g/mol. The van der Waals surface area contributed by atoms with E-state index >= 15 is 0 Å². The molecule has 102 valence electrons. The monoisotopic (exact) mass is 338 g/mol. The Bertz CT molecular complexity index is 520. The first kappa shape index (κ1) is 15.6. The first-order valence-corrected chi connectivity index (χ1v) is 7.73. The molecule has 4 nitrogen and oxygen atoms in total. The molecule has 0 fully saturated rings. The van der Waals surface area contributed by atoms with Gasteiger partial charge in [-0.05, 0) is 24.1 Å². The van der Waals surface area contributed by atoms with Crippen LogP contribution in [-0.4, -0.2) is 21.0 Å². The predicted molar refractivity (Wildman–Crippen MR) is 72.1 cm³/mol. The average molecular weight is 339 g/mol. The van der Waals surface area contributed by atoms with Gasteiger partial charge in [0.25, 0.3) is 0 Å². The molecule has 0 amide bonds. The fraction of sp³-hybridized carbons (Fsp3) is 0.455. The van der Waals surface area contributed by atoms with Crippen LogP contribution in [0.25, 0.3) is 0 Å². The van der Waals surface area contributed by atoms with Gasteiger partial charge in [-0.2, -0.15) is 0 Å². The van der Waals surface area contributed by atoms with Crippen LogP contribution < -0.4 is 10.5 Å². The zero-order valence-electron chi connectivity index (χ0n) is 10.2. The molecule has 0 heterocycles. The lowest BCUT2D eigenvalue weighted by molar-refractivity contribution is 0.452. The van der Waals surface area contributed by atoms with Crippen molar-refractivity contribution in [1.29, 1.82) is 0 Å². The van der Waals surface area contributed by atoms with Gasteiger partial charge in [0, 0.05) is 17.1 Å². The summed E-state index contributed by atoms with van der Waals surface area (Å²) < 4.78 is 40.5. The van der Waals surface area contributed by atoms with E-state index in [-0.39, 0.29) is 17.4 Å². The standard InChI is InChI=1S/C11H16BrFN2O2S/c1-7(2)10(6-14)15-18(16,17)11-4-3-8(12)5-9(11)13/h3-5,7,10,15H,6,14H2,1-2H3. The zero-order chi connectivity index (χ0) is 13.9. The number of halogens is 2. The molecule has 0 radical (unpaired) electrons. The van der Waals surface area contributed by atoms with Gasteiger partial charge < -0.3 is 5.73 Å². The van der Waals surface area contributed by atoms with Gasteiger partial charge in [-0.1, -0.05) is 29.8 Å². The third kappa shape index (κ3) is 3.74. The number of nitrogens with one attached hydrogen (secondary N) is 1. The normalized spacial score (nSPS) is 13.9. The van der Waals surface area contributed by atoms with Gasteiger partial charge in [0.15, 0.2) is 0 Å². The van der Waals surface area contributed by atoms with E-state index in [1.165, 1.54) is 12.1 Å². The second kappa shape index (κ2) is 6.10. The lowest BCUT2D eigenvalue weighted by Gasteiger charge is -2.20. The molecule has 0 aromatic heterocycles. The van der Waals surface area contributed by atoms with Crippen molar-refractivity contribution >= 4 is 26.0 Å². The molecule has 3 N–H and O–H groups in total. The van der Waals surface area contributed by atoms with Gasteiger partial charge in [-0.15, -0.1) is 0 Å². The fourth-order valence-corrected chi connectivity index (χ4v) is 3.20. The van der Waals surface area contributed by atoms with Crippen LogP contribution in [0, 0.1) is 11.7 Å². The molecule has 0 spiro atoms. The smallest absolute Gasteiger partial charge is 0.243 e. The minimum atomic E-state index is -3.89. The van der Waals surface area contributed by atoms with E-state index in [1.54, 1.807) is 0 Å². The molecule has 1 rings (SSSR count). The maximum atomic E-state index is 13.6. The van der Waals surface area contributed by atoms with Crippen LogP contribution in [0.1, 0.15) is 13.8 Å². The highest BCUT2D eigenvalue weighted by atomic mass is 79.9. The minimum Gasteiger partial charge on any atom is -0.329 e. The van der Waals surface area contributed by atoms with Crippen LogP contribution >= 0.6 is 15.9 Å². The highest BCUT2D eigenvalue weighted by Gasteiger charge is 2.24. The van der Waals surface area contributed by atoms with Crippen molar-refractivity contribution in [3.63, 3.8) is 0 Å². The highest BCUT2D eigenvalue weighted by Crippen LogP contribution is 2.20. The van der Waals surface area contributed by atoms with Gasteiger partial charge in [-0.25, -0.2) is 17.5 Å². The molecule has 7 heteroatoms. The average Bonchev–Trinajstić information content (AvgIpc) is 2.24. The maximum absolute atomic E-state index is 13.6. The van der Waals surface area contributed by atoms with Gasteiger partial charge in [-0.3, -0.25) is 0 Å². The maximum Gasteiger partial charge on any atom is 0.243 e. The van der Waals surface area contributed by atoms with Gasteiger partial charge in [0.1, 0.15) is 10.7 Å². The van der Waals surface area contributed by atoms with Crippen LogP contribution in [-0.2, 0) is 10.0 Å². The highest BCUT2D eigenvalue weighted by molar-refractivity contribution is 9.10. The van der Waals surface area contributed by atoms with Crippen molar-refractivity contribution in [2.75, 3.05) is 6.54 Å². The summed E-state index contributed by atoms with van der Waals surface area (Å²) in [5.41, 5.74) is 5.49. The van der Waals surface area contributed by atoms with Crippen LogP contribution in [0.4, 0.5) is 4.39 Å². The van der Waals surface area contributed by atoms with E-state index in [1.807, 2.05) is 13.8 Å². The van der Waals surface area contributed by atoms with Crippen LogP contribution in [0.2, 0.25) is 0 Å². The van der Waals surface area contributed by atoms with E-state index in [4.69, 9.17) is 5.73 Å². The summed E-state index contributed by atoms with van der Waals surface area (Å²) in [4.78, 5) is -0.371. The van der Waals surface area contributed by atoms with Crippen molar-refractivity contribution in [3.8, 4) is 0 Å². The Labute approximate surface area is 115 Å². The Morgan fingerprint density at radius 2 is 2.06 bits per heavy atom. The second-order valence-electron chi connectivity index (χ2n) is 4.28. The van der Waals surface area contributed by atoms with Crippen molar-refractivity contribution in [2.45, 2.75) is 24.8 Å². The molecule has 1 atom stereocenters. The molecule has 0 saturated carbocycles. The quantitative estimate of drug-likeness (QED) is 0.860. The first-order valence-electron chi connectivity index (χ1n) is 5.45. The van der Waals surface area contributed by atoms with E-state index < -0.39 is 21.9 Å². The second-order valence-corrected chi connectivity index (χ2v) is 6.88. The molecule has 0 saturated heterocycles. The summed E-state index contributed by atoms with van der Waals surface area (Å²) in [6, 6.07) is 3.39. The fourth-order valence-electron chi connectivity index (χ4n) is 1.41. The van der Waals surface area contributed by atoms with Gasteiger partial charge in [0.2, 0.25) is 10.0 Å². The summed E-state index contributed by atoms with van der Waals surface area (Å²) in [6.07, 6.45) is 0.